The highest BCUT2D eigenvalue weighted by molar-refractivity contribution is 5.91. The van der Waals surface area contributed by atoms with E-state index in [0.29, 0.717) is 50.7 Å². The van der Waals surface area contributed by atoms with Crippen LogP contribution < -0.4 is 10.6 Å². The molecule has 0 bridgehead atoms. The number of amides is 5. The van der Waals surface area contributed by atoms with Gasteiger partial charge in [0.1, 0.15) is 6.04 Å². The molecule has 0 aromatic heterocycles. The van der Waals surface area contributed by atoms with E-state index in [-0.39, 0.29) is 56.4 Å². The van der Waals surface area contributed by atoms with Crippen LogP contribution in [0.3, 0.4) is 0 Å². The molecule has 5 amide bonds. The number of hydrogen-bond donors (Lipinski definition) is 2. The number of hydrogen-bond acceptors (Lipinski definition) is 5. The number of carbonyl (C=O) groups excluding carboxylic acids is 3. The van der Waals surface area contributed by atoms with Crippen LogP contribution in [0.2, 0.25) is 0 Å². The third-order valence-corrected chi connectivity index (χ3v) is 11.7. The van der Waals surface area contributed by atoms with E-state index in [1.54, 1.807) is 17.0 Å². The summed E-state index contributed by atoms with van der Waals surface area (Å²) < 4.78 is 139. The number of nitrogens with one attached hydrogen (secondary N) is 2. The van der Waals surface area contributed by atoms with Crippen molar-refractivity contribution in [2.45, 2.75) is 80.8 Å². The lowest BCUT2D eigenvalue weighted by Gasteiger charge is -2.43. The summed E-state index contributed by atoms with van der Waals surface area (Å²) in [4.78, 5) is 49.8. The number of benzene rings is 2. The van der Waals surface area contributed by atoms with Gasteiger partial charge in [0.25, 0.3) is 0 Å². The van der Waals surface area contributed by atoms with Crippen molar-refractivity contribution in [3.05, 3.63) is 64.7 Å². The third kappa shape index (κ3) is 9.11. The fraction of sp³-hybridized carbons (Fsp3) is 0.605. The molecule has 0 aliphatic carbocycles. The number of rotatable bonds is 8. The van der Waals surface area contributed by atoms with Crippen molar-refractivity contribution < 1.29 is 58.3 Å². The Balaban J connectivity index is 1.21. The van der Waals surface area contributed by atoms with E-state index in [1.807, 2.05) is 19.2 Å². The first kappa shape index (κ1) is 43.3. The summed E-state index contributed by atoms with van der Waals surface area (Å²) in [6.07, 6.45) is -10.8. The van der Waals surface area contributed by atoms with Gasteiger partial charge >= 0.3 is 36.3 Å². The number of urea groups is 2. The monoisotopic (exact) mass is 837 g/mol. The Labute approximate surface area is 328 Å². The van der Waals surface area contributed by atoms with Gasteiger partial charge in [-0.2, -0.15) is 43.9 Å². The second-order valence-electron chi connectivity index (χ2n) is 15.4. The molecule has 58 heavy (non-hydrogen) atoms. The molecule has 10 nitrogen and oxygen atoms in total. The normalized spacial score (nSPS) is 20.7. The van der Waals surface area contributed by atoms with Gasteiger partial charge in [-0.05, 0) is 75.5 Å². The summed E-state index contributed by atoms with van der Waals surface area (Å²) in [5, 5.41) is 5.44. The number of likely N-dealkylation sites (tertiary alicyclic amines) is 2. The number of halogens is 10. The lowest BCUT2D eigenvalue weighted by Crippen LogP contribution is -2.59. The summed E-state index contributed by atoms with van der Waals surface area (Å²) in [7, 11) is 2.01. The fourth-order valence-electron chi connectivity index (χ4n) is 8.24. The molecule has 0 spiro atoms. The van der Waals surface area contributed by atoms with Crippen LogP contribution in [0, 0.1) is 0 Å². The van der Waals surface area contributed by atoms with Gasteiger partial charge < -0.3 is 30.2 Å². The SMILES string of the molecule is CN1CCC(N2CCN(C(=O)[C@@H](Cc3ccc(C(F)(F)C(F)(F)F)c(C(F)(F)C(F)(F)F)c3)NC(=O)N3CCC(N4CCc5ccccc5NC4=O)CC3)CC2)CC1. The standard InChI is InChI=1S/C38H45F10N7O3/c1-51-13-9-26(10-14-51)52-18-20-53(21-19-52)32(56)31(23-24-6-7-28(35(39,40)37(43,44)45)29(22-24)36(41,42)38(46,47)48)50-33(57)54-15-11-27(12-16-54)55-17-8-25-4-2-3-5-30(25)49-34(55)58/h2-7,22,26-27,31H,8-21,23H2,1H3,(H,49,58)(H,50,57)/t31-/m1/s1. The average Bonchev–Trinajstić information content (AvgIpc) is 3.34. The Kier molecular flexibility index (Phi) is 12.5. The predicted molar refractivity (Wildman–Crippen MR) is 192 cm³/mol. The largest absolute Gasteiger partial charge is 0.458 e. The first-order chi connectivity index (χ1) is 27.2. The molecule has 2 aromatic rings. The zero-order chi connectivity index (χ0) is 42.2. The van der Waals surface area contributed by atoms with Crippen LogP contribution in [-0.4, -0.2) is 139 Å². The van der Waals surface area contributed by atoms with Gasteiger partial charge in [-0.3, -0.25) is 9.69 Å². The highest BCUT2D eigenvalue weighted by Crippen LogP contribution is 2.52. The predicted octanol–water partition coefficient (Wildman–Crippen LogP) is 6.41. The quantitative estimate of drug-likeness (QED) is 0.301. The Morgan fingerprint density at radius 3 is 1.93 bits per heavy atom. The van der Waals surface area contributed by atoms with Gasteiger partial charge in [0.15, 0.2) is 0 Å². The van der Waals surface area contributed by atoms with Crippen LogP contribution in [0.4, 0.5) is 59.2 Å². The van der Waals surface area contributed by atoms with E-state index in [2.05, 4.69) is 20.4 Å². The van der Waals surface area contributed by atoms with E-state index in [4.69, 9.17) is 0 Å². The minimum Gasteiger partial charge on any atom is -0.338 e. The molecular formula is C38H45F10N7O3. The molecule has 20 heteroatoms. The van der Waals surface area contributed by atoms with Crippen LogP contribution in [0.15, 0.2) is 42.5 Å². The Hall–Kier alpha value is -4.33. The van der Waals surface area contributed by atoms with Crippen molar-refractivity contribution >= 4 is 23.7 Å². The molecule has 0 saturated carbocycles. The van der Waals surface area contributed by atoms with Crippen LogP contribution in [0.1, 0.15) is 47.9 Å². The lowest BCUT2D eigenvalue weighted by molar-refractivity contribution is -0.301. The maximum absolute atomic E-state index is 14.7. The maximum Gasteiger partial charge on any atom is 0.458 e. The number of alkyl halides is 10. The second-order valence-corrected chi connectivity index (χ2v) is 15.4. The van der Waals surface area contributed by atoms with Crippen LogP contribution in [-0.2, 0) is 29.5 Å². The molecule has 3 saturated heterocycles. The molecule has 4 heterocycles. The highest BCUT2D eigenvalue weighted by atomic mass is 19.4. The maximum atomic E-state index is 14.7. The molecule has 4 aliphatic rings. The number of nitrogens with zero attached hydrogens (tertiary/aromatic N) is 5. The van der Waals surface area contributed by atoms with E-state index in [9.17, 15) is 58.3 Å². The summed E-state index contributed by atoms with van der Waals surface area (Å²) in [5.74, 6) is -13.0. The fourth-order valence-corrected chi connectivity index (χ4v) is 8.24. The van der Waals surface area contributed by atoms with Crippen molar-refractivity contribution in [2.75, 3.05) is 71.3 Å². The average molecular weight is 838 g/mol. The lowest BCUT2D eigenvalue weighted by atomic mass is 9.91. The molecule has 6 rings (SSSR count). The van der Waals surface area contributed by atoms with Gasteiger partial charge in [-0.15, -0.1) is 0 Å². The summed E-state index contributed by atoms with van der Waals surface area (Å²) in [6, 6.07) is 4.93. The number of anilines is 1. The van der Waals surface area contributed by atoms with Crippen LogP contribution in [0.5, 0.6) is 0 Å². The molecule has 320 valence electrons. The third-order valence-electron chi connectivity index (χ3n) is 11.7. The van der Waals surface area contributed by atoms with Crippen molar-refractivity contribution in [3.8, 4) is 0 Å². The molecule has 2 aromatic carbocycles. The zero-order valence-electron chi connectivity index (χ0n) is 31.6. The van der Waals surface area contributed by atoms with Gasteiger partial charge in [0, 0.05) is 81.1 Å². The van der Waals surface area contributed by atoms with Crippen molar-refractivity contribution in [1.29, 1.82) is 0 Å². The van der Waals surface area contributed by atoms with Crippen LogP contribution in [0.25, 0.3) is 0 Å². The number of carbonyl (C=O) groups is 3. The zero-order valence-corrected chi connectivity index (χ0v) is 31.6. The van der Waals surface area contributed by atoms with E-state index < -0.39 is 65.3 Å². The molecule has 0 unspecified atom stereocenters. The Morgan fingerprint density at radius 2 is 1.31 bits per heavy atom. The number of piperidine rings is 2. The summed E-state index contributed by atoms with van der Waals surface area (Å²) >= 11 is 0. The Morgan fingerprint density at radius 1 is 0.724 bits per heavy atom. The molecular weight excluding hydrogens is 792 g/mol. The van der Waals surface area contributed by atoms with Crippen molar-refractivity contribution in [3.63, 3.8) is 0 Å². The summed E-state index contributed by atoms with van der Waals surface area (Å²) in [5.41, 5.74) is -4.16. The first-order valence-electron chi connectivity index (χ1n) is 19.1. The van der Waals surface area contributed by atoms with Crippen LogP contribution >= 0.6 is 0 Å². The smallest absolute Gasteiger partial charge is 0.338 e. The molecule has 3 fully saturated rings. The van der Waals surface area contributed by atoms with Crippen molar-refractivity contribution in [1.82, 2.24) is 29.8 Å². The second kappa shape index (κ2) is 16.7. The van der Waals surface area contributed by atoms with E-state index in [1.165, 1.54) is 9.80 Å². The first-order valence-corrected chi connectivity index (χ1v) is 19.1. The molecule has 2 N–H and O–H groups in total. The minimum atomic E-state index is -6.55. The van der Waals surface area contributed by atoms with E-state index in [0.717, 1.165) is 31.5 Å². The minimum absolute atomic E-state index is 0.108. The molecule has 0 radical (unpaired) electrons. The topological polar surface area (TPSA) is 91.5 Å². The summed E-state index contributed by atoms with van der Waals surface area (Å²) in [6.45, 7) is 3.69. The Bertz CT molecular complexity index is 1800. The van der Waals surface area contributed by atoms with Gasteiger partial charge in [0.2, 0.25) is 5.91 Å². The number of para-hydroxylation sites is 1. The van der Waals surface area contributed by atoms with Gasteiger partial charge in [-0.1, -0.05) is 30.3 Å². The van der Waals surface area contributed by atoms with Gasteiger partial charge in [-0.25, -0.2) is 9.59 Å². The van der Waals surface area contributed by atoms with Gasteiger partial charge in [0.05, 0.1) is 0 Å². The highest BCUT2D eigenvalue weighted by Gasteiger charge is 2.65. The number of piperazine rings is 1. The molecule has 1 atom stereocenters. The van der Waals surface area contributed by atoms with E-state index >= 15 is 0 Å². The number of fused-ring (bicyclic) bond motifs is 1. The van der Waals surface area contributed by atoms with Crippen molar-refractivity contribution in [2.24, 2.45) is 0 Å². The molecule has 4 aliphatic heterocycles.